The summed E-state index contributed by atoms with van der Waals surface area (Å²) < 4.78 is 2.58. The fourth-order valence-corrected chi connectivity index (χ4v) is 1.93. The van der Waals surface area contributed by atoms with E-state index in [0.717, 1.165) is 12.8 Å². The van der Waals surface area contributed by atoms with Crippen molar-refractivity contribution in [1.29, 1.82) is 0 Å². The number of nitrogens with one attached hydrogen (secondary N) is 1. The molecular formula is C10H14INO. The fraction of sp³-hybridized carbons (Fsp3) is 0.700. The molecule has 0 aromatic carbocycles. The number of carbonyl (C=O) groups excluding carboxylic acids is 1. The van der Waals surface area contributed by atoms with E-state index in [2.05, 4.69) is 15.2 Å². The van der Waals surface area contributed by atoms with Crippen LogP contribution in [0.2, 0.25) is 0 Å². The summed E-state index contributed by atoms with van der Waals surface area (Å²) >= 11 is 1.88. The van der Waals surface area contributed by atoms with E-state index in [1.54, 1.807) is 0 Å². The summed E-state index contributed by atoms with van der Waals surface area (Å²) in [6.45, 7) is 0. The minimum atomic E-state index is -0.124. The van der Waals surface area contributed by atoms with E-state index in [0.29, 0.717) is 6.04 Å². The second-order valence-corrected chi connectivity index (χ2v) is 3.92. The van der Waals surface area contributed by atoms with E-state index >= 15 is 0 Å². The summed E-state index contributed by atoms with van der Waals surface area (Å²) in [5.41, 5.74) is 0. The SMILES string of the molecule is O=C(C#CI)NC1CCCCCC1. The highest BCUT2D eigenvalue weighted by atomic mass is 127. The van der Waals surface area contributed by atoms with Gasteiger partial charge >= 0.3 is 0 Å². The summed E-state index contributed by atoms with van der Waals surface area (Å²) in [5, 5.41) is 2.94. The van der Waals surface area contributed by atoms with Crippen LogP contribution in [0.25, 0.3) is 0 Å². The molecule has 1 aliphatic carbocycles. The zero-order chi connectivity index (χ0) is 9.52. The van der Waals surface area contributed by atoms with Crippen LogP contribution in [-0.2, 0) is 4.79 Å². The summed E-state index contributed by atoms with van der Waals surface area (Å²) in [4.78, 5) is 11.1. The van der Waals surface area contributed by atoms with Gasteiger partial charge in [0, 0.05) is 34.6 Å². The Balaban J connectivity index is 2.32. The minimum Gasteiger partial charge on any atom is -0.343 e. The predicted molar refractivity (Wildman–Crippen MR) is 61.4 cm³/mol. The van der Waals surface area contributed by atoms with Gasteiger partial charge in [-0.2, -0.15) is 0 Å². The van der Waals surface area contributed by atoms with Crippen LogP contribution < -0.4 is 5.32 Å². The molecule has 1 fully saturated rings. The highest BCUT2D eigenvalue weighted by Crippen LogP contribution is 2.16. The molecule has 72 valence electrons. The molecule has 1 N–H and O–H groups in total. The van der Waals surface area contributed by atoms with Gasteiger partial charge in [0.1, 0.15) is 0 Å². The van der Waals surface area contributed by atoms with Gasteiger partial charge in [-0.15, -0.1) is 0 Å². The number of halogens is 1. The zero-order valence-electron chi connectivity index (χ0n) is 7.61. The predicted octanol–water partition coefficient (Wildman–Crippen LogP) is 2.22. The van der Waals surface area contributed by atoms with Crippen molar-refractivity contribution in [2.24, 2.45) is 0 Å². The van der Waals surface area contributed by atoms with Crippen molar-refractivity contribution in [3.63, 3.8) is 0 Å². The van der Waals surface area contributed by atoms with Crippen molar-refractivity contribution in [3.05, 3.63) is 0 Å². The fourth-order valence-electron chi connectivity index (χ4n) is 1.69. The van der Waals surface area contributed by atoms with E-state index < -0.39 is 0 Å². The molecule has 2 nitrogen and oxygen atoms in total. The van der Waals surface area contributed by atoms with E-state index in [4.69, 9.17) is 0 Å². The lowest BCUT2D eigenvalue weighted by Crippen LogP contribution is -2.33. The summed E-state index contributed by atoms with van der Waals surface area (Å²) in [7, 11) is 0. The molecule has 13 heavy (non-hydrogen) atoms. The van der Waals surface area contributed by atoms with Crippen LogP contribution in [0.4, 0.5) is 0 Å². The first-order valence-electron chi connectivity index (χ1n) is 4.75. The molecule has 0 saturated heterocycles. The molecule has 0 aliphatic heterocycles. The molecule has 1 saturated carbocycles. The number of carbonyl (C=O) groups is 1. The van der Waals surface area contributed by atoms with Crippen LogP contribution in [-0.4, -0.2) is 11.9 Å². The highest BCUT2D eigenvalue weighted by molar-refractivity contribution is 14.1. The number of hydrogen-bond acceptors (Lipinski definition) is 1. The van der Waals surface area contributed by atoms with Crippen molar-refractivity contribution in [2.45, 2.75) is 44.6 Å². The Morgan fingerprint density at radius 3 is 2.38 bits per heavy atom. The Hall–Kier alpha value is -0.240. The van der Waals surface area contributed by atoms with E-state index in [1.165, 1.54) is 25.7 Å². The lowest BCUT2D eigenvalue weighted by molar-refractivity contribution is -0.116. The first-order chi connectivity index (χ1) is 6.33. The topological polar surface area (TPSA) is 29.1 Å². The van der Waals surface area contributed by atoms with Gasteiger partial charge in [-0.3, -0.25) is 4.79 Å². The Bertz CT molecular complexity index is 221. The Kier molecular flexibility index (Phi) is 5.21. The van der Waals surface area contributed by atoms with Crippen LogP contribution in [0.1, 0.15) is 38.5 Å². The molecule has 0 radical (unpaired) electrons. The van der Waals surface area contributed by atoms with Gasteiger partial charge in [0.15, 0.2) is 0 Å². The van der Waals surface area contributed by atoms with Crippen LogP contribution in [0.3, 0.4) is 0 Å². The van der Waals surface area contributed by atoms with Crippen LogP contribution >= 0.6 is 22.6 Å². The maximum Gasteiger partial charge on any atom is 0.296 e. The molecule has 1 aliphatic rings. The Labute approximate surface area is 93.0 Å². The van der Waals surface area contributed by atoms with Gasteiger partial charge in [0.25, 0.3) is 5.91 Å². The van der Waals surface area contributed by atoms with Crippen molar-refractivity contribution < 1.29 is 4.79 Å². The molecule has 0 aromatic rings. The quantitative estimate of drug-likeness (QED) is 0.448. The normalized spacial score (nSPS) is 18.2. The van der Waals surface area contributed by atoms with Gasteiger partial charge in [-0.05, 0) is 16.8 Å². The maximum atomic E-state index is 11.1. The summed E-state index contributed by atoms with van der Waals surface area (Å²) in [6.07, 6.45) is 7.34. The first kappa shape index (κ1) is 10.8. The molecule has 0 aromatic heterocycles. The van der Waals surface area contributed by atoms with Crippen molar-refractivity contribution in [3.8, 4) is 9.85 Å². The highest BCUT2D eigenvalue weighted by Gasteiger charge is 2.12. The lowest BCUT2D eigenvalue weighted by atomic mass is 10.1. The number of rotatable bonds is 1. The largest absolute Gasteiger partial charge is 0.343 e. The smallest absolute Gasteiger partial charge is 0.296 e. The van der Waals surface area contributed by atoms with Gasteiger partial charge in [-0.25, -0.2) is 0 Å². The summed E-state index contributed by atoms with van der Waals surface area (Å²) in [6, 6.07) is 0.368. The van der Waals surface area contributed by atoms with E-state index in [1.807, 2.05) is 22.6 Å². The second kappa shape index (κ2) is 6.25. The molecule has 1 rings (SSSR count). The summed E-state index contributed by atoms with van der Waals surface area (Å²) in [5.74, 6) is 2.38. The molecule has 0 unspecified atom stereocenters. The Morgan fingerprint density at radius 1 is 1.23 bits per heavy atom. The molecule has 0 spiro atoms. The lowest BCUT2D eigenvalue weighted by Gasteiger charge is -2.13. The molecule has 0 heterocycles. The zero-order valence-corrected chi connectivity index (χ0v) is 9.76. The second-order valence-electron chi connectivity index (χ2n) is 3.38. The van der Waals surface area contributed by atoms with E-state index in [-0.39, 0.29) is 5.91 Å². The Morgan fingerprint density at radius 2 is 1.85 bits per heavy atom. The average Bonchev–Trinajstić information content (AvgIpc) is 2.33. The molecular weight excluding hydrogens is 277 g/mol. The molecule has 3 heteroatoms. The van der Waals surface area contributed by atoms with Gasteiger partial charge < -0.3 is 5.32 Å². The van der Waals surface area contributed by atoms with Crippen molar-refractivity contribution in [2.75, 3.05) is 0 Å². The molecule has 0 bridgehead atoms. The maximum absolute atomic E-state index is 11.1. The van der Waals surface area contributed by atoms with Gasteiger partial charge in [-0.1, -0.05) is 25.7 Å². The van der Waals surface area contributed by atoms with Crippen molar-refractivity contribution in [1.82, 2.24) is 5.32 Å². The van der Waals surface area contributed by atoms with Gasteiger partial charge in [0.2, 0.25) is 0 Å². The van der Waals surface area contributed by atoms with Gasteiger partial charge in [0.05, 0.1) is 0 Å². The van der Waals surface area contributed by atoms with Crippen LogP contribution in [0.15, 0.2) is 0 Å². The van der Waals surface area contributed by atoms with E-state index in [9.17, 15) is 4.79 Å². The third-order valence-corrected chi connectivity index (χ3v) is 2.62. The van der Waals surface area contributed by atoms with Crippen LogP contribution in [0, 0.1) is 9.85 Å². The molecule has 0 atom stereocenters. The number of hydrogen-bond donors (Lipinski definition) is 1. The first-order valence-corrected chi connectivity index (χ1v) is 5.83. The average molecular weight is 291 g/mol. The third-order valence-electron chi connectivity index (χ3n) is 2.35. The minimum absolute atomic E-state index is 0.124. The van der Waals surface area contributed by atoms with Crippen molar-refractivity contribution >= 4 is 28.5 Å². The van der Waals surface area contributed by atoms with Crippen LogP contribution in [0.5, 0.6) is 0 Å². The molecule has 1 amide bonds. The number of amides is 1. The monoisotopic (exact) mass is 291 g/mol. The standard InChI is InChI=1S/C10H14INO/c11-8-7-10(13)12-9-5-3-1-2-4-6-9/h9H,1-6H2,(H,12,13). The third kappa shape index (κ3) is 4.51.